The average molecular weight is 263 g/mol. The van der Waals surface area contributed by atoms with Gasteiger partial charge in [0.1, 0.15) is 23.0 Å². The lowest BCUT2D eigenvalue weighted by Gasteiger charge is -2.00. The Kier molecular flexibility index (Phi) is 2.45. The van der Waals surface area contributed by atoms with Gasteiger partial charge in [0.2, 0.25) is 0 Å². The van der Waals surface area contributed by atoms with Crippen molar-refractivity contribution in [2.24, 2.45) is 0 Å². The molecular weight excluding hydrogens is 255 g/mol. The molecule has 0 bridgehead atoms. The molecule has 0 aliphatic rings. The lowest BCUT2D eigenvalue weighted by atomic mass is 10.2. The van der Waals surface area contributed by atoms with Gasteiger partial charge in [0.05, 0.1) is 10.6 Å². The monoisotopic (exact) mass is 262 g/mol. The van der Waals surface area contributed by atoms with Gasteiger partial charge >= 0.3 is 0 Å². The molecule has 1 aromatic carbocycles. The van der Waals surface area contributed by atoms with E-state index in [9.17, 15) is 4.39 Å². The van der Waals surface area contributed by atoms with E-state index in [0.717, 1.165) is 0 Å². The third kappa shape index (κ3) is 1.80. The molecular formula is C13H8ClFN2O. The number of hydrogen-bond donors (Lipinski definition) is 1. The normalized spacial score (nSPS) is 11.0. The maximum absolute atomic E-state index is 13.1. The van der Waals surface area contributed by atoms with Crippen LogP contribution >= 0.6 is 11.6 Å². The second kappa shape index (κ2) is 3.99. The first-order valence-corrected chi connectivity index (χ1v) is 5.62. The Hall–Kier alpha value is -2.07. The van der Waals surface area contributed by atoms with Crippen molar-refractivity contribution in [3.8, 4) is 11.3 Å². The van der Waals surface area contributed by atoms with Crippen LogP contribution in [-0.2, 0) is 0 Å². The Labute approximate surface area is 107 Å². The molecule has 0 saturated carbocycles. The number of furan rings is 1. The van der Waals surface area contributed by atoms with Gasteiger partial charge in [-0.15, -0.1) is 0 Å². The SMILES string of the molecule is Nc1ncc(Cl)cc1-c1cc2cc(F)ccc2o1. The van der Waals surface area contributed by atoms with Gasteiger partial charge in [-0.2, -0.15) is 0 Å². The molecule has 0 atom stereocenters. The third-order valence-electron chi connectivity index (χ3n) is 2.63. The summed E-state index contributed by atoms with van der Waals surface area (Å²) in [6.07, 6.45) is 1.46. The summed E-state index contributed by atoms with van der Waals surface area (Å²) in [5.41, 5.74) is 6.95. The van der Waals surface area contributed by atoms with Crippen LogP contribution in [0.4, 0.5) is 10.2 Å². The zero-order valence-electron chi connectivity index (χ0n) is 9.15. The van der Waals surface area contributed by atoms with Crippen LogP contribution in [0.2, 0.25) is 5.02 Å². The summed E-state index contributed by atoms with van der Waals surface area (Å²) in [5, 5.41) is 1.13. The maximum atomic E-state index is 13.1. The number of halogens is 2. The van der Waals surface area contributed by atoms with Crippen molar-refractivity contribution in [1.82, 2.24) is 4.98 Å². The topological polar surface area (TPSA) is 52.0 Å². The highest BCUT2D eigenvalue weighted by atomic mass is 35.5. The molecule has 2 N–H and O–H groups in total. The van der Waals surface area contributed by atoms with E-state index in [2.05, 4.69) is 4.98 Å². The molecule has 18 heavy (non-hydrogen) atoms. The second-order valence-corrected chi connectivity index (χ2v) is 4.32. The first kappa shape index (κ1) is 11.0. The summed E-state index contributed by atoms with van der Waals surface area (Å²) in [6, 6.07) is 7.69. The van der Waals surface area contributed by atoms with E-state index >= 15 is 0 Å². The number of aromatic nitrogens is 1. The summed E-state index contributed by atoms with van der Waals surface area (Å²) in [4.78, 5) is 3.95. The largest absolute Gasteiger partial charge is 0.456 e. The van der Waals surface area contributed by atoms with Crippen molar-refractivity contribution < 1.29 is 8.81 Å². The van der Waals surface area contributed by atoms with E-state index in [1.807, 2.05) is 0 Å². The van der Waals surface area contributed by atoms with Gasteiger partial charge in [-0.1, -0.05) is 11.6 Å². The molecule has 0 amide bonds. The van der Waals surface area contributed by atoms with E-state index in [1.54, 1.807) is 18.2 Å². The number of fused-ring (bicyclic) bond motifs is 1. The number of anilines is 1. The number of hydrogen-bond acceptors (Lipinski definition) is 3. The van der Waals surface area contributed by atoms with Crippen molar-refractivity contribution in [2.45, 2.75) is 0 Å². The summed E-state index contributed by atoms with van der Waals surface area (Å²) in [5.74, 6) is 0.522. The number of rotatable bonds is 1. The van der Waals surface area contributed by atoms with Crippen LogP contribution in [0.5, 0.6) is 0 Å². The fourth-order valence-electron chi connectivity index (χ4n) is 1.79. The Morgan fingerprint density at radius 1 is 1.22 bits per heavy atom. The summed E-state index contributed by atoms with van der Waals surface area (Å²) in [7, 11) is 0. The quantitative estimate of drug-likeness (QED) is 0.724. The average Bonchev–Trinajstić information content (AvgIpc) is 2.74. The highest BCUT2D eigenvalue weighted by Crippen LogP contribution is 2.32. The number of pyridine rings is 1. The molecule has 0 fully saturated rings. The van der Waals surface area contributed by atoms with Crippen LogP contribution in [0.25, 0.3) is 22.3 Å². The van der Waals surface area contributed by atoms with Gasteiger partial charge in [0.25, 0.3) is 0 Å². The standard InChI is InChI=1S/C13H8ClFN2O/c14-8-5-10(13(16)17-6-8)12-4-7-3-9(15)1-2-11(7)18-12/h1-6H,(H2,16,17). The molecule has 0 spiro atoms. The molecule has 3 aromatic rings. The van der Waals surface area contributed by atoms with Crippen molar-refractivity contribution >= 4 is 28.4 Å². The van der Waals surface area contributed by atoms with Gasteiger partial charge in [-0.05, 0) is 30.3 Å². The van der Waals surface area contributed by atoms with E-state index in [4.69, 9.17) is 21.8 Å². The highest BCUT2D eigenvalue weighted by Gasteiger charge is 2.11. The smallest absolute Gasteiger partial charge is 0.139 e. The van der Waals surface area contributed by atoms with E-state index in [0.29, 0.717) is 33.1 Å². The van der Waals surface area contributed by atoms with Gasteiger partial charge in [-0.3, -0.25) is 0 Å². The zero-order chi connectivity index (χ0) is 12.7. The Balaban J connectivity index is 2.22. The second-order valence-electron chi connectivity index (χ2n) is 3.88. The minimum absolute atomic E-state index is 0.313. The fraction of sp³-hybridized carbons (Fsp3) is 0. The number of nitrogens with two attached hydrogens (primary N) is 1. The van der Waals surface area contributed by atoms with Gasteiger partial charge in [0, 0.05) is 11.6 Å². The minimum Gasteiger partial charge on any atom is -0.456 e. The molecule has 90 valence electrons. The molecule has 5 heteroatoms. The van der Waals surface area contributed by atoms with Crippen LogP contribution in [-0.4, -0.2) is 4.98 Å². The van der Waals surface area contributed by atoms with Crippen molar-refractivity contribution in [2.75, 3.05) is 5.73 Å². The predicted octanol–water partition coefficient (Wildman–Crippen LogP) is 3.87. The van der Waals surface area contributed by atoms with Gasteiger partial charge < -0.3 is 10.2 Å². The molecule has 0 radical (unpaired) electrons. The molecule has 0 aliphatic carbocycles. The first-order valence-electron chi connectivity index (χ1n) is 5.24. The zero-order valence-corrected chi connectivity index (χ0v) is 9.91. The minimum atomic E-state index is -0.313. The van der Waals surface area contributed by atoms with E-state index in [-0.39, 0.29) is 5.82 Å². The fourth-order valence-corrected chi connectivity index (χ4v) is 1.95. The maximum Gasteiger partial charge on any atom is 0.139 e. The molecule has 3 rings (SSSR count). The van der Waals surface area contributed by atoms with Crippen molar-refractivity contribution in [3.63, 3.8) is 0 Å². The lowest BCUT2D eigenvalue weighted by molar-refractivity contribution is 0.619. The first-order chi connectivity index (χ1) is 8.63. The van der Waals surface area contributed by atoms with Crippen molar-refractivity contribution in [1.29, 1.82) is 0 Å². The number of benzene rings is 1. The Morgan fingerprint density at radius 2 is 2.06 bits per heavy atom. The third-order valence-corrected chi connectivity index (χ3v) is 2.84. The molecule has 0 aliphatic heterocycles. The van der Waals surface area contributed by atoms with Crippen LogP contribution in [0.15, 0.2) is 40.9 Å². The number of nitrogen functional groups attached to an aromatic ring is 1. The predicted molar refractivity (Wildman–Crippen MR) is 68.8 cm³/mol. The summed E-state index contributed by atoms with van der Waals surface area (Å²) >= 11 is 5.87. The van der Waals surface area contributed by atoms with Crippen LogP contribution in [0, 0.1) is 5.82 Å². The lowest BCUT2D eigenvalue weighted by Crippen LogP contribution is -1.92. The van der Waals surface area contributed by atoms with Crippen molar-refractivity contribution in [3.05, 3.63) is 47.4 Å². The van der Waals surface area contributed by atoms with Gasteiger partial charge in [0.15, 0.2) is 0 Å². The van der Waals surface area contributed by atoms with Crippen LogP contribution in [0.1, 0.15) is 0 Å². The van der Waals surface area contributed by atoms with E-state index < -0.39 is 0 Å². The molecule has 2 heterocycles. The Morgan fingerprint density at radius 3 is 2.89 bits per heavy atom. The summed E-state index contributed by atoms with van der Waals surface area (Å²) in [6.45, 7) is 0. The highest BCUT2D eigenvalue weighted by molar-refractivity contribution is 6.30. The molecule has 2 aromatic heterocycles. The molecule has 0 unspecified atom stereocenters. The van der Waals surface area contributed by atoms with Crippen LogP contribution < -0.4 is 5.73 Å². The van der Waals surface area contributed by atoms with E-state index in [1.165, 1.54) is 18.3 Å². The number of nitrogens with zero attached hydrogens (tertiary/aromatic N) is 1. The summed E-state index contributed by atoms with van der Waals surface area (Å²) < 4.78 is 18.7. The molecule has 0 saturated heterocycles. The Bertz CT molecular complexity index is 739. The van der Waals surface area contributed by atoms with Crippen LogP contribution in [0.3, 0.4) is 0 Å². The van der Waals surface area contributed by atoms with Gasteiger partial charge in [-0.25, -0.2) is 9.37 Å². The molecule has 3 nitrogen and oxygen atoms in total.